The lowest BCUT2D eigenvalue weighted by Crippen LogP contribution is -2.52. The second-order valence-electron chi connectivity index (χ2n) is 10.3. The SMILES string of the molecule is O=c1[nH]c2cc3c(cc2cc1[C@H](c1nnnn1C1CCCC1)N1CCN2CCC[C@@H]2C1)OCCO3. The molecule has 1 N–H and O–H groups in total. The summed E-state index contributed by atoms with van der Waals surface area (Å²) in [6.45, 7) is 5.03. The molecule has 10 nitrogen and oxygen atoms in total. The largest absolute Gasteiger partial charge is 0.486 e. The molecule has 10 heteroatoms. The highest BCUT2D eigenvalue weighted by Gasteiger charge is 2.38. The van der Waals surface area contributed by atoms with Crippen molar-refractivity contribution in [2.75, 3.05) is 39.4 Å². The summed E-state index contributed by atoms with van der Waals surface area (Å²) in [7, 11) is 0. The average Bonchev–Trinajstić information content (AvgIpc) is 3.65. The van der Waals surface area contributed by atoms with Crippen molar-refractivity contribution in [3.05, 3.63) is 39.9 Å². The van der Waals surface area contributed by atoms with Gasteiger partial charge in [0, 0.05) is 42.7 Å². The van der Waals surface area contributed by atoms with Crippen molar-refractivity contribution in [2.45, 2.75) is 56.7 Å². The normalized spacial score (nSPS) is 24.2. The Labute approximate surface area is 203 Å². The first-order valence-corrected chi connectivity index (χ1v) is 13.0. The van der Waals surface area contributed by atoms with Crippen LogP contribution in [0, 0.1) is 0 Å². The van der Waals surface area contributed by atoms with E-state index in [0.29, 0.717) is 42.4 Å². The molecule has 3 aliphatic heterocycles. The van der Waals surface area contributed by atoms with E-state index in [1.54, 1.807) is 0 Å². The monoisotopic (exact) mass is 477 g/mol. The molecule has 3 aromatic rings. The fourth-order valence-corrected chi connectivity index (χ4v) is 6.50. The van der Waals surface area contributed by atoms with Gasteiger partial charge < -0.3 is 14.5 Å². The average molecular weight is 478 g/mol. The van der Waals surface area contributed by atoms with Gasteiger partial charge in [0.05, 0.1) is 11.6 Å². The van der Waals surface area contributed by atoms with Gasteiger partial charge in [-0.15, -0.1) is 5.10 Å². The summed E-state index contributed by atoms with van der Waals surface area (Å²) >= 11 is 0. The lowest BCUT2D eigenvalue weighted by Gasteiger charge is -2.41. The van der Waals surface area contributed by atoms with Gasteiger partial charge in [-0.3, -0.25) is 14.6 Å². The molecule has 1 saturated carbocycles. The molecule has 2 atom stereocenters. The zero-order chi connectivity index (χ0) is 23.4. The van der Waals surface area contributed by atoms with Crippen molar-refractivity contribution in [1.82, 2.24) is 35.0 Å². The maximum Gasteiger partial charge on any atom is 0.253 e. The van der Waals surface area contributed by atoms with E-state index in [2.05, 4.69) is 30.3 Å². The van der Waals surface area contributed by atoms with Crippen LogP contribution in [-0.4, -0.2) is 80.4 Å². The Morgan fingerprint density at radius 3 is 2.60 bits per heavy atom. The summed E-state index contributed by atoms with van der Waals surface area (Å²) in [5, 5.41) is 14.0. The lowest BCUT2D eigenvalue weighted by atomic mass is 10.0. The Balaban J connectivity index is 1.35. The van der Waals surface area contributed by atoms with Gasteiger partial charge in [-0.05, 0) is 54.8 Å². The first kappa shape index (κ1) is 21.3. The molecular formula is C25H31N7O3. The fraction of sp³-hybridized carbons (Fsp3) is 0.600. The molecule has 35 heavy (non-hydrogen) atoms. The number of rotatable bonds is 4. The van der Waals surface area contributed by atoms with Gasteiger partial charge in [0.15, 0.2) is 17.3 Å². The Morgan fingerprint density at radius 2 is 1.74 bits per heavy atom. The maximum atomic E-state index is 13.6. The summed E-state index contributed by atoms with van der Waals surface area (Å²) in [6.07, 6.45) is 7.00. The lowest BCUT2D eigenvalue weighted by molar-refractivity contribution is 0.0783. The summed E-state index contributed by atoms with van der Waals surface area (Å²) < 4.78 is 13.5. The van der Waals surface area contributed by atoms with Crippen molar-refractivity contribution in [3.63, 3.8) is 0 Å². The topological polar surface area (TPSA) is 101 Å². The third-order valence-corrected chi connectivity index (χ3v) is 8.25. The molecule has 0 radical (unpaired) electrons. The predicted molar refractivity (Wildman–Crippen MR) is 129 cm³/mol. The van der Waals surface area contributed by atoms with E-state index in [1.165, 1.54) is 32.2 Å². The molecule has 184 valence electrons. The Hall–Kier alpha value is -2.98. The van der Waals surface area contributed by atoms with Crippen LogP contribution in [0.4, 0.5) is 0 Å². The van der Waals surface area contributed by atoms with Crippen LogP contribution in [0.25, 0.3) is 10.9 Å². The minimum Gasteiger partial charge on any atom is -0.486 e. The standard InChI is InChI=1S/C25H31N7O3/c33-25-19(12-16-13-21-22(14-20(16)26-25)35-11-10-34-21)23(31-9-8-30-7-3-6-18(30)15-31)24-27-28-29-32(24)17-4-1-2-5-17/h12-14,17-18,23H,1-11,15H2,(H,26,33)/t18-,23-/m1/s1. The Bertz CT molecular complexity index is 1300. The Morgan fingerprint density at radius 1 is 0.943 bits per heavy atom. The van der Waals surface area contributed by atoms with Gasteiger partial charge in [-0.25, -0.2) is 4.68 Å². The van der Waals surface area contributed by atoms with Crippen molar-refractivity contribution in [1.29, 1.82) is 0 Å². The number of benzene rings is 1. The van der Waals surface area contributed by atoms with Crippen molar-refractivity contribution in [3.8, 4) is 11.5 Å². The molecule has 5 heterocycles. The first-order chi connectivity index (χ1) is 17.2. The number of ether oxygens (including phenoxy) is 2. The van der Waals surface area contributed by atoms with E-state index in [1.807, 2.05) is 22.9 Å². The highest BCUT2D eigenvalue weighted by molar-refractivity contribution is 5.83. The Kier molecular flexibility index (Phi) is 5.24. The number of fused-ring (bicyclic) bond motifs is 3. The van der Waals surface area contributed by atoms with Crippen LogP contribution in [-0.2, 0) is 0 Å². The minimum absolute atomic E-state index is 0.103. The smallest absolute Gasteiger partial charge is 0.253 e. The number of piperazine rings is 1. The summed E-state index contributed by atoms with van der Waals surface area (Å²) in [5.74, 6) is 2.17. The van der Waals surface area contributed by atoms with Crippen LogP contribution in [0.15, 0.2) is 23.0 Å². The van der Waals surface area contributed by atoms with Crippen molar-refractivity contribution < 1.29 is 9.47 Å². The quantitative estimate of drug-likeness (QED) is 0.611. The van der Waals surface area contributed by atoms with Crippen molar-refractivity contribution in [2.24, 2.45) is 0 Å². The van der Waals surface area contributed by atoms with Gasteiger partial charge in [0.25, 0.3) is 5.56 Å². The zero-order valence-corrected chi connectivity index (χ0v) is 19.9. The molecule has 0 spiro atoms. The molecule has 0 amide bonds. The summed E-state index contributed by atoms with van der Waals surface area (Å²) in [6, 6.07) is 6.37. The van der Waals surface area contributed by atoms with E-state index in [0.717, 1.165) is 49.2 Å². The third-order valence-electron chi connectivity index (χ3n) is 8.25. The molecule has 2 aromatic heterocycles. The number of H-pyrrole nitrogens is 1. The number of hydrogen-bond acceptors (Lipinski definition) is 8. The van der Waals surface area contributed by atoms with Crippen LogP contribution < -0.4 is 15.0 Å². The second-order valence-corrected chi connectivity index (χ2v) is 10.3. The number of aromatic nitrogens is 5. The summed E-state index contributed by atoms with van der Waals surface area (Å²) in [5.41, 5.74) is 1.33. The van der Waals surface area contributed by atoms with E-state index in [9.17, 15) is 4.79 Å². The molecule has 4 aliphatic rings. The van der Waals surface area contributed by atoms with Crippen LogP contribution in [0.1, 0.15) is 62.0 Å². The molecule has 2 saturated heterocycles. The van der Waals surface area contributed by atoms with Gasteiger partial charge in [0.2, 0.25) is 0 Å². The third kappa shape index (κ3) is 3.70. The predicted octanol–water partition coefficient (Wildman–Crippen LogP) is 2.27. The fourth-order valence-electron chi connectivity index (χ4n) is 6.50. The van der Waals surface area contributed by atoms with Gasteiger partial charge in [-0.1, -0.05) is 12.8 Å². The number of tetrazole rings is 1. The van der Waals surface area contributed by atoms with Crippen LogP contribution >= 0.6 is 0 Å². The molecule has 3 fully saturated rings. The molecule has 0 bridgehead atoms. The van der Waals surface area contributed by atoms with Crippen molar-refractivity contribution >= 4 is 10.9 Å². The highest BCUT2D eigenvalue weighted by atomic mass is 16.6. The maximum absolute atomic E-state index is 13.6. The minimum atomic E-state index is -0.297. The van der Waals surface area contributed by atoms with E-state index in [-0.39, 0.29) is 11.6 Å². The number of nitrogens with one attached hydrogen (secondary N) is 1. The molecular weight excluding hydrogens is 446 g/mol. The van der Waals surface area contributed by atoms with Crippen LogP contribution in [0.3, 0.4) is 0 Å². The van der Waals surface area contributed by atoms with Gasteiger partial charge >= 0.3 is 0 Å². The number of nitrogens with zero attached hydrogens (tertiary/aromatic N) is 6. The summed E-state index contributed by atoms with van der Waals surface area (Å²) in [4.78, 5) is 21.7. The van der Waals surface area contributed by atoms with E-state index >= 15 is 0 Å². The molecule has 7 rings (SSSR count). The number of pyridine rings is 1. The van der Waals surface area contributed by atoms with Crippen LogP contribution in [0.2, 0.25) is 0 Å². The second kappa shape index (κ2) is 8.60. The molecule has 1 aromatic carbocycles. The van der Waals surface area contributed by atoms with Crippen LogP contribution in [0.5, 0.6) is 11.5 Å². The van der Waals surface area contributed by atoms with E-state index < -0.39 is 0 Å². The van der Waals surface area contributed by atoms with Gasteiger partial charge in [0.1, 0.15) is 19.3 Å². The zero-order valence-electron chi connectivity index (χ0n) is 19.9. The number of hydrogen-bond donors (Lipinski definition) is 1. The first-order valence-electron chi connectivity index (χ1n) is 13.0. The van der Waals surface area contributed by atoms with E-state index in [4.69, 9.17) is 9.47 Å². The van der Waals surface area contributed by atoms with Gasteiger partial charge in [-0.2, -0.15) is 0 Å². The molecule has 0 unspecified atom stereocenters. The highest BCUT2D eigenvalue weighted by Crippen LogP contribution is 2.37. The number of aromatic amines is 1. The molecule has 1 aliphatic carbocycles.